The Hall–Kier alpha value is -0.160. The molecule has 54 valence electrons. The Balaban J connectivity index is 2.35. The smallest absolute Gasteiger partial charge is 0.131 e. The van der Waals surface area contributed by atoms with Crippen molar-refractivity contribution in [3.8, 4) is 0 Å². The molecule has 0 saturated carbocycles. The maximum Gasteiger partial charge on any atom is 0.131 e. The van der Waals surface area contributed by atoms with Crippen molar-refractivity contribution in [3.63, 3.8) is 0 Å². The molecule has 0 aromatic carbocycles. The van der Waals surface area contributed by atoms with Crippen LogP contribution in [0.25, 0.3) is 0 Å². The van der Waals surface area contributed by atoms with Crippen LogP contribution in [0.3, 0.4) is 0 Å². The maximum absolute atomic E-state index is 8.88. The zero-order valence-corrected chi connectivity index (χ0v) is 4.99. The third-order valence-electron chi connectivity index (χ3n) is 1.52. The molecule has 1 unspecified atom stereocenters. The van der Waals surface area contributed by atoms with E-state index in [9.17, 15) is 0 Å². The van der Waals surface area contributed by atoms with E-state index in [0.29, 0.717) is 6.42 Å². The van der Waals surface area contributed by atoms with Gasteiger partial charge in [-0.1, -0.05) is 0 Å². The van der Waals surface area contributed by atoms with Crippen molar-refractivity contribution in [2.24, 2.45) is 0 Å². The summed E-state index contributed by atoms with van der Waals surface area (Å²) in [6, 6.07) is -0.144. The topological polar surface area (TPSA) is 72.7 Å². The molecule has 0 bridgehead atoms. The van der Waals surface area contributed by atoms with Gasteiger partial charge in [0.05, 0.1) is 12.7 Å². The number of aliphatic hydroxyl groups excluding tert-OH is 3. The summed E-state index contributed by atoms with van der Waals surface area (Å²) in [5, 5.41) is 28.8. The summed E-state index contributed by atoms with van der Waals surface area (Å²) < 4.78 is 0. The molecule has 1 fully saturated rings. The van der Waals surface area contributed by atoms with Crippen molar-refractivity contribution in [3.05, 3.63) is 0 Å². The Bertz CT molecular complexity index is 88.2. The van der Waals surface area contributed by atoms with Gasteiger partial charge in [0.2, 0.25) is 0 Å². The lowest BCUT2D eigenvalue weighted by Gasteiger charge is -2.05. The van der Waals surface area contributed by atoms with Gasteiger partial charge in [0, 0.05) is 6.04 Å². The second-order valence-electron chi connectivity index (χ2n) is 2.29. The van der Waals surface area contributed by atoms with Gasteiger partial charge in [-0.2, -0.15) is 0 Å². The maximum atomic E-state index is 8.88. The first-order valence-corrected chi connectivity index (χ1v) is 2.97. The summed E-state index contributed by atoms with van der Waals surface area (Å²) in [5.74, 6) is 0. The average molecular weight is 133 g/mol. The van der Waals surface area contributed by atoms with E-state index in [2.05, 4.69) is 5.32 Å². The van der Waals surface area contributed by atoms with Crippen LogP contribution < -0.4 is 5.32 Å². The fraction of sp³-hybridized carbons (Fsp3) is 1.00. The van der Waals surface area contributed by atoms with Crippen molar-refractivity contribution in [1.82, 2.24) is 5.32 Å². The predicted molar refractivity (Wildman–Crippen MR) is 30.6 cm³/mol. The Morgan fingerprint density at radius 2 is 2.11 bits per heavy atom. The highest BCUT2D eigenvalue weighted by Gasteiger charge is 2.29. The lowest BCUT2D eigenvalue weighted by molar-refractivity contribution is 0.0314. The van der Waals surface area contributed by atoms with E-state index >= 15 is 0 Å². The van der Waals surface area contributed by atoms with Crippen LogP contribution in [-0.4, -0.2) is 40.3 Å². The molecule has 0 amide bonds. The Kier molecular flexibility index (Phi) is 2.02. The molecular formula is C5H11NO3. The molecule has 4 nitrogen and oxygen atoms in total. The quantitative estimate of drug-likeness (QED) is 0.334. The number of rotatable bonds is 1. The average Bonchev–Trinajstić information content (AvgIpc) is 2.13. The van der Waals surface area contributed by atoms with E-state index < -0.39 is 12.3 Å². The van der Waals surface area contributed by atoms with Gasteiger partial charge >= 0.3 is 0 Å². The van der Waals surface area contributed by atoms with Crippen LogP contribution in [0, 0.1) is 0 Å². The molecular weight excluding hydrogens is 122 g/mol. The van der Waals surface area contributed by atoms with Gasteiger partial charge in [0.1, 0.15) is 6.23 Å². The number of hydrogen-bond acceptors (Lipinski definition) is 4. The van der Waals surface area contributed by atoms with E-state index in [4.69, 9.17) is 15.3 Å². The molecule has 4 heteroatoms. The minimum absolute atomic E-state index is 0.0336. The molecule has 0 aliphatic carbocycles. The number of aliphatic hydroxyl groups is 3. The van der Waals surface area contributed by atoms with E-state index in [1.54, 1.807) is 0 Å². The largest absolute Gasteiger partial charge is 0.395 e. The SMILES string of the molecule is OC[C@@H]1C[C@@H](O)C(O)N1. The molecule has 3 atom stereocenters. The fourth-order valence-electron chi connectivity index (χ4n) is 0.968. The molecule has 0 aromatic rings. The fourth-order valence-corrected chi connectivity index (χ4v) is 0.968. The van der Waals surface area contributed by atoms with E-state index in [0.717, 1.165) is 0 Å². The highest BCUT2D eigenvalue weighted by atomic mass is 16.3. The van der Waals surface area contributed by atoms with Crippen LogP contribution in [0.2, 0.25) is 0 Å². The summed E-state index contributed by atoms with van der Waals surface area (Å²) in [6.45, 7) is -0.0336. The Morgan fingerprint density at radius 3 is 2.33 bits per heavy atom. The molecule has 1 heterocycles. The first kappa shape index (κ1) is 6.95. The van der Waals surface area contributed by atoms with Crippen LogP contribution >= 0.6 is 0 Å². The van der Waals surface area contributed by atoms with Crippen LogP contribution in [0.4, 0.5) is 0 Å². The molecule has 1 saturated heterocycles. The summed E-state index contributed by atoms with van der Waals surface area (Å²) in [4.78, 5) is 0. The third kappa shape index (κ3) is 1.40. The minimum Gasteiger partial charge on any atom is -0.395 e. The van der Waals surface area contributed by atoms with Crippen molar-refractivity contribution < 1.29 is 15.3 Å². The first-order valence-electron chi connectivity index (χ1n) is 2.97. The molecule has 0 radical (unpaired) electrons. The van der Waals surface area contributed by atoms with E-state index in [1.807, 2.05) is 0 Å². The second-order valence-corrected chi connectivity index (χ2v) is 2.29. The monoisotopic (exact) mass is 133 g/mol. The van der Waals surface area contributed by atoms with Crippen molar-refractivity contribution in [2.45, 2.75) is 24.8 Å². The summed E-state index contributed by atoms with van der Waals surface area (Å²) >= 11 is 0. The Labute approximate surface area is 53.1 Å². The molecule has 0 spiro atoms. The van der Waals surface area contributed by atoms with Crippen LogP contribution in [0.15, 0.2) is 0 Å². The van der Waals surface area contributed by atoms with E-state index in [-0.39, 0.29) is 12.6 Å². The molecule has 1 aliphatic heterocycles. The molecule has 1 aliphatic rings. The highest BCUT2D eigenvalue weighted by molar-refractivity contribution is 4.83. The number of nitrogens with one attached hydrogen (secondary N) is 1. The van der Waals surface area contributed by atoms with Gasteiger partial charge in [0.25, 0.3) is 0 Å². The zero-order valence-electron chi connectivity index (χ0n) is 4.99. The predicted octanol–water partition coefficient (Wildman–Crippen LogP) is -1.98. The minimum atomic E-state index is -0.859. The zero-order chi connectivity index (χ0) is 6.85. The van der Waals surface area contributed by atoms with Crippen molar-refractivity contribution in [1.29, 1.82) is 0 Å². The molecule has 0 aromatic heterocycles. The van der Waals surface area contributed by atoms with Gasteiger partial charge in [-0.3, -0.25) is 5.32 Å². The van der Waals surface area contributed by atoms with Crippen LogP contribution in [-0.2, 0) is 0 Å². The van der Waals surface area contributed by atoms with Gasteiger partial charge in [-0.25, -0.2) is 0 Å². The summed E-state index contributed by atoms with van der Waals surface area (Å²) in [7, 11) is 0. The van der Waals surface area contributed by atoms with Gasteiger partial charge in [-0.15, -0.1) is 0 Å². The number of hydrogen-bond donors (Lipinski definition) is 4. The first-order chi connectivity index (χ1) is 4.24. The van der Waals surface area contributed by atoms with E-state index in [1.165, 1.54) is 0 Å². The van der Waals surface area contributed by atoms with Crippen LogP contribution in [0.1, 0.15) is 6.42 Å². The van der Waals surface area contributed by atoms with Crippen LogP contribution in [0.5, 0.6) is 0 Å². The molecule has 1 rings (SSSR count). The summed E-state index contributed by atoms with van der Waals surface area (Å²) in [5.41, 5.74) is 0. The van der Waals surface area contributed by atoms with Gasteiger partial charge in [0.15, 0.2) is 0 Å². The summed E-state index contributed by atoms with van der Waals surface area (Å²) in [6.07, 6.45) is -1.15. The molecule has 4 N–H and O–H groups in total. The van der Waals surface area contributed by atoms with Crippen molar-refractivity contribution in [2.75, 3.05) is 6.61 Å². The normalized spacial score (nSPS) is 43.7. The van der Waals surface area contributed by atoms with Gasteiger partial charge in [-0.05, 0) is 6.42 Å². The third-order valence-corrected chi connectivity index (χ3v) is 1.52. The lowest BCUT2D eigenvalue weighted by atomic mass is 10.2. The molecule has 9 heavy (non-hydrogen) atoms. The highest BCUT2D eigenvalue weighted by Crippen LogP contribution is 2.09. The standard InChI is InChI=1S/C5H11NO3/c7-2-3-1-4(8)5(9)6-3/h3-9H,1-2H2/t3-,4+,5?/m0/s1. The van der Waals surface area contributed by atoms with Gasteiger partial charge < -0.3 is 15.3 Å². The second kappa shape index (κ2) is 2.62. The lowest BCUT2D eigenvalue weighted by Crippen LogP contribution is -2.34. The van der Waals surface area contributed by atoms with Crippen molar-refractivity contribution >= 4 is 0 Å². The Morgan fingerprint density at radius 1 is 1.44 bits per heavy atom.